The first-order chi connectivity index (χ1) is 18.1. The number of carboxylic acids is 1. The van der Waals surface area contributed by atoms with Gasteiger partial charge in [-0.1, -0.05) is 24.8 Å². The second-order valence-electron chi connectivity index (χ2n) is 11.6. The molecular weight excluding hydrogens is 530 g/mol. The minimum atomic E-state index is -1.01. The maximum atomic E-state index is 14.0. The van der Waals surface area contributed by atoms with Crippen molar-refractivity contribution in [2.75, 3.05) is 31.1 Å². The average molecular weight is 572 g/mol. The molecule has 212 valence electrons. The van der Waals surface area contributed by atoms with E-state index in [0.29, 0.717) is 42.1 Å². The fraction of sp³-hybridized carbons (Fsp3) is 0.567. The summed E-state index contributed by atoms with van der Waals surface area (Å²) in [5, 5.41) is 10.1. The Kier molecular flexibility index (Phi) is 10.9. The van der Waals surface area contributed by atoms with Crippen molar-refractivity contribution in [3.8, 4) is 17.7 Å². The van der Waals surface area contributed by atoms with Crippen LogP contribution in [0.2, 0.25) is 0 Å². The van der Waals surface area contributed by atoms with Crippen molar-refractivity contribution >= 4 is 42.4 Å². The van der Waals surface area contributed by atoms with Crippen LogP contribution in [0.15, 0.2) is 30.5 Å². The SMILES string of the molecule is CC1CCC(C(=O)N(c2cc(C#CC(C)(C)C)sc2C(=O)O)[C@H]2CCN(CCOc3ccccn3)C2)CC1.S. The van der Waals surface area contributed by atoms with Gasteiger partial charge in [0.05, 0.1) is 16.6 Å². The molecule has 3 heterocycles. The number of nitrogens with zero attached hydrogens (tertiary/aromatic N) is 3. The molecule has 0 bridgehead atoms. The topological polar surface area (TPSA) is 83.0 Å². The molecule has 4 rings (SSSR count). The largest absolute Gasteiger partial charge is 0.477 e. The molecule has 0 unspecified atom stereocenters. The molecule has 2 aliphatic rings. The molecule has 1 aliphatic carbocycles. The number of carbonyl (C=O) groups excluding carboxylic acids is 1. The van der Waals surface area contributed by atoms with Crippen molar-refractivity contribution in [1.82, 2.24) is 9.88 Å². The smallest absolute Gasteiger partial charge is 0.348 e. The number of amides is 1. The first kappa shape index (κ1) is 31.0. The lowest BCUT2D eigenvalue weighted by molar-refractivity contribution is -0.124. The third kappa shape index (κ3) is 8.47. The number of hydrogen-bond donors (Lipinski definition) is 1. The van der Waals surface area contributed by atoms with E-state index in [9.17, 15) is 14.7 Å². The summed E-state index contributed by atoms with van der Waals surface area (Å²) in [7, 11) is 0. The van der Waals surface area contributed by atoms with E-state index in [1.165, 1.54) is 0 Å². The maximum absolute atomic E-state index is 14.0. The van der Waals surface area contributed by atoms with Crippen LogP contribution in [0.3, 0.4) is 0 Å². The third-order valence-corrected chi connectivity index (χ3v) is 8.27. The monoisotopic (exact) mass is 571 g/mol. The lowest BCUT2D eigenvalue weighted by Gasteiger charge is -2.34. The quantitative estimate of drug-likeness (QED) is 0.412. The highest BCUT2D eigenvalue weighted by Gasteiger charge is 2.38. The second kappa shape index (κ2) is 13.7. The van der Waals surface area contributed by atoms with Crippen LogP contribution in [0, 0.1) is 29.1 Å². The Bertz CT molecular complexity index is 1170. The van der Waals surface area contributed by atoms with Crippen molar-refractivity contribution in [3.05, 3.63) is 40.2 Å². The normalized spacial score (nSPS) is 21.4. The Morgan fingerprint density at radius 1 is 1.21 bits per heavy atom. The van der Waals surface area contributed by atoms with Gasteiger partial charge < -0.3 is 14.7 Å². The van der Waals surface area contributed by atoms with Crippen molar-refractivity contribution < 1.29 is 19.4 Å². The van der Waals surface area contributed by atoms with Crippen LogP contribution >= 0.6 is 24.8 Å². The Balaban J connectivity index is 0.00000420. The van der Waals surface area contributed by atoms with Gasteiger partial charge in [0, 0.05) is 43.2 Å². The van der Waals surface area contributed by atoms with Gasteiger partial charge in [-0.25, -0.2) is 9.78 Å². The summed E-state index contributed by atoms with van der Waals surface area (Å²) in [6, 6.07) is 7.32. The number of rotatable bonds is 8. The van der Waals surface area contributed by atoms with Gasteiger partial charge in [0.15, 0.2) is 0 Å². The van der Waals surface area contributed by atoms with Crippen LogP contribution in [0.25, 0.3) is 0 Å². The third-order valence-electron chi connectivity index (χ3n) is 7.24. The van der Waals surface area contributed by atoms with E-state index >= 15 is 0 Å². The Hall–Kier alpha value is -2.54. The van der Waals surface area contributed by atoms with E-state index in [2.05, 4.69) is 28.6 Å². The minimum Gasteiger partial charge on any atom is -0.477 e. The Morgan fingerprint density at radius 2 is 1.95 bits per heavy atom. The molecule has 2 aromatic heterocycles. The van der Waals surface area contributed by atoms with E-state index < -0.39 is 5.97 Å². The lowest BCUT2D eigenvalue weighted by Crippen LogP contribution is -2.46. The predicted octanol–water partition coefficient (Wildman–Crippen LogP) is 5.66. The summed E-state index contributed by atoms with van der Waals surface area (Å²) in [6.45, 7) is 11.0. The van der Waals surface area contributed by atoms with Gasteiger partial charge in [0.1, 0.15) is 11.5 Å². The van der Waals surface area contributed by atoms with Crippen LogP contribution < -0.4 is 9.64 Å². The summed E-state index contributed by atoms with van der Waals surface area (Å²) in [6.07, 6.45) is 6.27. The van der Waals surface area contributed by atoms with Gasteiger partial charge in [-0.3, -0.25) is 9.69 Å². The number of pyridine rings is 1. The molecule has 9 heteroatoms. The first-order valence-electron chi connectivity index (χ1n) is 13.6. The number of thiophene rings is 1. The second-order valence-corrected chi connectivity index (χ2v) is 12.6. The van der Waals surface area contributed by atoms with E-state index in [1.807, 2.05) is 49.9 Å². The van der Waals surface area contributed by atoms with Crippen LogP contribution in [0.5, 0.6) is 5.88 Å². The number of aromatic nitrogens is 1. The molecule has 0 aromatic carbocycles. The maximum Gasteiger partial charge on any atom is 0.348 e. The predicted molar refractivity (Wildman–Crippen MR) is 161 cm³/mol. The number of aromatic carboxylic acids is 1. The van der Waals surface area contributed by atoms with Gasteiger partial charge in [0.2, 0.25) is 11.8 Å². The van der Waals surface area contributed by atoms with E-state index in [4.69, 9.17) is 4.74 Å². The van der Waals surface area contributed by atoms with E-state index in [1.54, 1.807) is 6.20 Å². The molecule has 39 heavy (non-hydrogen) atoms. The van der Waals surface area contributed by atoms with Crippen LogP contribution in [-0.4, -0.2) is 59.1 Å². The highest BCUT2D eigenvalue weighted by molar-refractivity contribution is 7.59. The van der Waals surface area contributed by atoms with Crippen LogP contribution in [0.4, 0.5) is 5.69 Å². The summed E-state index contributed by atoms with van der Waals surface area (Å²) in [5.74, 6) is 6.56. The standard InChI is InChI=1S/C30H39N3O4S.H2S/c1-21-8-10-22(11-9-21)28(34)33(25-19-24(12-14-30(2,3)4)38-27(25)29(35)36)23-13-16-32(20-23)17-18-37-26-7-5-6-15-31-26;/h5-7,15,19,21-23H,8-11,13,16-18,20H2,1-4H3,(H,35,36);1H2/t21?,22?,23-;/m0./s1. The number of likely N-dealkylation sites (tertiary alicyclic amines) is 1. The zero-order chi connectivity index (χ0) is 27.3. The number of hydrogen-bond acceptors (Lipinski definition) is 6. The molecule has 1 aliphatic heterocycles. The molecule has 0 spiro atoms. The summed E-state index contributed by atoms with van der Waals surface area (Å²) in [5.41, 5.74) is 0.298. The fourth-order valence-corrected chi connectivity index (χ4v) is 6.00. The fourth-order valence-electron chi connectivity index (χ4n) is 5.16. The highest BCUT2D eigenvalue weighted by Crippen LogP contribution is 2.37. The Morgan fingerprint density at radius 3 is 2.59 bits per heavy atom. The molecule has 1 N–H and O–H groups in total. The van der Waals surface area contributed by atoms with Crippen molar-refractivity contribution in [1.29, 1.82) is 0 Å². The Labute approximate surface area is 243 Å². The first-order valence-corrected chi connectivity index (χ1v) is 14.4. The van der Waals surface area contributed by atoms with Gasteiger partial charge in [-0.2, -0.15) is 13.5 Å². The molecule has 0 radical (unpaired) electrons. The summed E-state index contributed by atoms with van der Waals surface area (Å²) >= 11 is 1.16. The van der Waals surface area contributed by atoms with Crippen molar-refractivity contribution in [2.45, 2.75) is 65.8 Å². The zero-order valence-electron chi connectivity index (χ0n) is 23.4. The zero-order valence-corrected chi connectivity index (χ0v) is 25.2. The molecule has 2 fully saturated rings. The van der Waals surface area contributed by atoms with E-state index in [-0.39, 0.29) is 41.7 Å². The molecule has 2 aromatic rings. The van der Waals surface area contributed by atoms with Crippen LogP contribution in [0.1, 0.15) is 74.3 Å². The molecule has 7 nitrogen and oxygen atoms in total. The molecule has 1 atom stereocenters. The van der Waals surface area contributed by atoms with E-state index in [0.717, 1.165) is 50.0 Å². The van der Waals surface area contributed by atoms with Crippen molar-refractivity contribution in [2.24, 2.45) is 17.3 Å². The number of anilines is 1. The molecule has 1 amide bonds. The molecule has 1 saturated heterocycles. The van der Waals surface area contributed by atoms with Gasteiger partial charge in [-0.15, -0.1) is 11.3 Å². The average Bonchev–Trinajstić information content (AvgIpc) is 3.51. The lowest BCUT2D eigenvalue weighted by atomic mass is 9.82. The van der Waals surface area contributed by atoms with Gasteiger partial charge >= 0.3 is 5.97 Å². The number of carboxylic acid groups (broad SMARTS) is 1. The number of ether oxygens (including phenoxy) is 1. The molecule has 1 saturated carbocycles. The summed E-state index contributed by atoms with van der Waals surface area (Å²) in [4.78, 5) is 35.6. The highest BCUT2D eigenvalue weighted by atomic mass is 32.1. The summed E-state index contributed by atoms with van der Waals surface area (Å²) < 4.78 is 5.78. The minimum absolute atomic E-state index is 0. The van der Waals surface area contributed by atoms with Gasteiger partial charge in [0.25, 0.3) is 0 Å². The number of carbonyl (C=O) groups is 2. The van der Waals surface area contributed by atoms with Crippen LogP contribution in [-0.2, 0) is 4.79 Å². The van der Waals surface area contributed by atoms with Crippen molar-refractivity contribution in [3.63, 3.8) is 0 Å². The van der Waals surface area contributed by atoms with Gasteiger partial charge in [-0.05, 0) is 70.9 Å². The molecular formula is C30H41N3O4S2.